The third-order valence-electron chi connectivity index (χ3n) is 5.09. The molecule has 1 saturated heterocycles. The molecule has 6 heteroatoms. The average molecular weight is 361 g/mol. The molecule has 0 saturated carbocycles. The molecule has 1 aliphatic heterocycles. The largest absolute Gasteiger partial charge is 0.342 e. The summed E-state index contributed by atoms with van der Waals surface area (Å²) < 4.78 is 1.89. The van der Waals surface area contributed by atoms with Crippen LogP contribution in [0.15, 0.2) is 61.4 Å². The van der Waals surface area contributed by atoms with E-state index in [1.54, 1.807) is 24.9 Å². The van der Waals surface area contributed by atoms with Crippen LogP contribution < -0.4 is 0 Å². The van der Waals surface area contributed by atoms with Crippen molar-refractivity contribution in [2.45, 2.75) is 31.6 Å². The van der Waals surface area contributed by atoms with E-state index in [0.29, 0.717) is 13.0 Å². The Morgan fingerprint density at radius 2 is 1.96 bits per heavy atom. The first kappa shape index (κ1) is 17.4. The van der Waals surface area contributed by atoms with Crippen molar-refractivity contribution in [3.8, 4) is 5.82 Å². The summed E-state index contributed by atoms with van der Waals surface area (Å²) in [5.74, 6) is 1.22. The van der Waals surface area contributed by atoms with Crippen LogP contribution in [0.3, 0.4) is 0 Å². The molecule has 0 spiro atoms. The molecule has 0 radical (unpaired) electrons. The summed E-state index contributed by atoms with van der Waals surface area (Å²) in [7, 11) is 0. The third kappa shape index (κ3) is 4.05. The number of hydrogen-bond acceptors (Lipinski definition) is 4. The molecule has 1 atom stereocenters. The first-order valence-corrected chi connectivity index (χ1v) is 9.42. The molecule has 3 aromatic rings. The number of aryl methyl sites for hydroxylation is 1. The zero-order chi connectivity index (χ0) is 18.5. The summed E-state index contributed by atoms with van der Waals surface area (Å²) in [4.78, 5) is 27.9. The van der Waals surface area contributed by atoms with Gasteiger partial charge >= 0.3 is 0 Å². The van der Waals surface area contributed by atoms with Gasteiger partial charge in [0.05, 0.1) is 5.69 Å². The molecule has 0 aliphatic carbocycles. The van der Waals surface area contributed by atoms with Crippen LogP contribution in [0, 0.1) is 0 Å². The predicted octanol–water partition coefficient (Wildman–Crippen LogP) is 3.00. The summed E-state index contributed by atoms with van der Waals surface area (Å²) in [6, 6.07) is 10.2. The van der Waals surface area contributed by atoms with E-state index in [4.69, 9.17) is 0 Å². The Labute approximate surface area is 158 Å². The number of imidazole rings is 1. The second-order valence-corrected chi connectivity index (χ2v) is 6.90. The highest BCUT2D eigenvalue weighted by Crippen LogP contribution is 2.29. The van der Waals surface area contributed by atoms with Gasteiger partial charge in [-0.2, -0.15) is 0 Å². The third-order valence-corrected chi connectivity index (χ3v) is 5.09. The molecule has 1 unspecified atom stereocenters. The zero-order valence-electron chi connectivity index (χ0n) is 15.2. The van der Waals surface area contributed by atoms with E-state index in [2.05, 4.69) is 27.1 Å². The Kier molecular flexibility index (Phi) is 5.23. The summed E-state index contributed by atoms with van der Waals surface area (Å²) in [5, 5.41) is 0. The smallest absolute Gasteiger partial charge is 0.222 e. The van der Waals surface area contributed by atoms with Crippen molar-refractivity contribution in [1.82, 2.24) is 24.4 Å². The monoisotopic (exact) mass is 361 g/mol. The summed E-state index contributed by atoms with van der Waals surface area (Å²) >= 11 is 0. The van der Waals surface area contributed by atoms with Gasteiger partial charge in [-0.3, -0.25) is 14.3 Å². The van der Waals surface area contributed by atoms with E-state index in [9.17, 15) is 4.79 Å². The van der Waals surface area contributed by atoms with Crippen molar-refractivity contribution < 1.29 is 4.79 Å². The Balaban J connectivity index is 1.45. The minimum atomic E-state index is 0.200. The molecule has 3 heterocycles. The Bertz CT molecular complexity index is 879. The number of rotatable bonds is 5. The molecule has 1 fully saturated rings. The molecule has 1 amide bonds. The molecule has 6 nitrogen and oxygen atoms in total. The first-order chi connectivity index (χ1) is 13.3. The van der Waals surface area contributed by atoms with Gasteiger partial charge in [-0.1, -0.05) is 30.3 Å². The summed E-state index contributed by atoms with van der Waals surface area (Å²) in [6.07, 6.45) is 12.1. The predicted molar refractivity (Wildman–Crippen MR) is 102 cm³/mol. The van der Waals surface area contributed by atoms with E-state index >= 15 is 0 Å². The van der Waals surface area contributed by atoms with Gasteiger partial charge in [0.15, 0.2) is 5.82 Å². The van der Waals surface area contributed by atoms with E-state index in [1.807, 2.05) is 33.9 Å². The maximum absolute atomic E-state index is 12.7. The lowest BCUT2D eigenvalue weighted by Crippen LogP contribution is -2.39. The van der Waals surface area contributed by atoms with Gasteiger partial charge in [0.1, 0.15) is 6.33 Å². The SMILES string of the molecule is O=C(CCc1ccccc1)N1CCCC(c2nccnc2-n2ccnc2)C1. The lowest BCUT2D eigenvalue weighted by atomic mass is 9.93. The van der Waals surface area contributed by atoms with Crippen molar-refractivity contribution in [2.75, 3.05) is 13.1 Å². The van der Waals surface area contributed by atoms with Gasteiger partial charge in [-0.25, -0.2) is 9.97 Å². The number of likely N-dealkylation sites (tertiary alicyclic amines) is 1. The number of nitrogens with zero attached hydrogens (tertiary/aromatic N) is 5. The van der Waals surface area contributed by atoms with E-state index in [1.165, 1.54) is 5.56 Å². The highest BCUT2D eigenvalue weighted by Gasteiger charge is 2.27. The van der Waals surface area contributed by atoms with Crippen LogP contribution in [0.4, 0.5) is 0 Å². The van der Waals surface area contributed by atoms with Crippen LogP contribution in [0.5, 0.6) is 0 Å². The normalized spacial score (nSPS) is 17.0. The lowest BCUT2D eigenvalue weighted by Gasteiger charge is -2.33. The second kappa shape index (κ2) is 8.12. The minimum Gasteiger partial charge on any atom is -0.342 e. The summed E-state index contributed by atoms with van der Waals surface area (Å²) in [5.41, 5.74) is 2.15. The van der Waals surface area contributed by atoms with Crippen molar-refractivity contribution >= 4 is 5.91 Å². The van der Waals surface area contributed by atoms with Gasteiger partial charge in [-0.05, 0) is 24.8 Å². The highest BCUT2D eigenvalue weighted by molar-refractivity contribution is 5.76. The zero-order valence-corrected chi connectivity index (χ0v) is 15.2. The number of hydrogen-bond donors (Lipinski definition) is 0. The van der Waals surface area contributed by atoms with Gasteiger partial charge in [0.25, 0.3) is 0 Å². The first-order valence-electron chi connectivity index (χ1n) is 9.42. The molecular weight excluding hydrogens is 338 g/mol. The molecule has 1 aromatic carbocycles. The van der Waals surface area contributed by atoms with Crippen LogP contribution in [0.2, 0.25) is 0 Å². The van der Waals surface area contributed by atoms with Gasteiger partial charge in [0.2, 0.25) is 5.91 Å². The molecule has 2 aromatic heterocycles. The number of aromatic nitrogens is 4. The lowest BCUT2D eigenvalue weighted by molar-refractivity contribution is -0.132. The molecule has 0 bridgehead atoms. The number of benzene rings is 1. The van der Waals surface area contributed by atoms with Crippen molar-refractivity contribution in [2.24, 2.45) is 0 Å². The Morgan fingerprint density at radius 3 is 2.78 bits per heavy atom. The van der Waals surface area contributed by atoms with Crippen molar-refractivity contribution in [3.63, 3.8) is 0 Å². The second-order valence-electron chi connectivity index (χ2n) is 6.90. The number of piperidine rings is 1. The van der Waals surface area contributed by atoms with Gasteiger partial charge in [0, 0.05) is 50.2 Å². The van der Waals surface area contributed by atoms with Crippen LogP contribution in [0.1, 0.15) is 36.4 Å². The van der Waals surface area contributed by atoms with Gasteiger partial charge < -0.3 is 4.90 Å². The maximum Gasteiger partial charge on any atom is 0.222 e. The standard InChI is InChI=1S/C21H23N5O/c27-19(9-8-17-5-2-1-3-6-17)25-13-4-7-18(15-25)20-21(24-11-10-23-20)26-14-12-22-16-26/h1-3,5-6,10-12,14,16,18H,4,7-9,13,15H2. The summed E-state index contributed by atoms with van der Waals surface area (Å²) in [6.45, 7) is 1.53. The quantitative estimate of drug-likeness (QED) is 0.701. The fraction of sp³-hybridized carbons (Fsp3) is 0.333. The van der Waals surface area contributed by atoms with Crippen molar-refractivity contribution in [3.05, 3.63) is 72.7 Å². The molecule has 0 N–H and O–H groups in total. The van der Waals surface area contributed by atoms with Gasteiger partial charge in [-0.15, -0.1) is 0 Å². The Hall–Kier alpha value is -3.02. The molecule has 138 valence electrons. The molecule has 1 aliphatic rings. The van der Waals surface area contributed by atoms with Crippen LogP contribution in [0.25, 0.3) is 5.82 Å². The number of amides is 1. The van der Waals surface area contributed by atoms with Crippen LogP contribution >= 0.6 is 0 Å². The molecule has 4 rings (SSSR count). The van der Waals surface area contributed by atoms with E-state index < -0.39 is 0 Å². The Morgan fingerprint density at radius 1 is 1.11 bits per heavy atom. The minimum absolute atomic E-state index is 0.200. The maximum atomic E-state index is 12.7. The van der Waals surface area contributed by atoms with E-state index in [-0.39, 0.29) is 11.8 Å². The number of carbonyl (C=O) groups excluding carboxylic acids is 1. The number of carbonyl (C=O) groups is 1. The van der Waals surface area contributed by atoms with Crippen LogP contribution in [-0.4, -0.2) is 43.4 Å². The van der Waals surface area contributed by atoms with Crippen molar-refractivity contribution in [1.29, 1.82) is 0 Å². The fourth-order valence-corrected chi connectivity index (χ4v) is 3.69. The van der Waals surface area contributed by atoms with E-state index in [0.717, 1.165) is 37.3 Å². The fourth-order valence-electron chi connectivity index (χ4n) is 3.69. The average Bonchev–Trinajstić information content (AvgIpc) is 3.28. The topological polar surface area (TPSA) is 63.9 Å². The molecule has 27 heavy (non-hydrogen) atoms. The van der Waals surface area contributed by atoms with Crippen LogP contribution in [-0.2, 0) is 11.2 Å². The molecular formula is C21H23N5O. The highest BCUT2D eigenvalue weighted by atomic mass is 16.2.